The summed E-state index contributed by atoms with van der Waals surface area (Å²) < 4.78 is 0. The van der Waals surface area contributed by atoms with Gasteiger partial charge in [-0.2, -0.15) is 0 Å². The fraction of sp³-hybridized carbons (Fsp3) is 0.588. The number of likely N-dealkylation sites (tertiary alicyclic amines) is 1. The molecule has 0 radical (unpaired) electrons. The van der Waals surface area contributed by atoms with Gasteiger partial charge in [0.2, 0.25) is 5.91 Å². The number of benzene rings is 1. The summed E-state index contributed by atoms with van der Waals surface area (Å²) in [4.78, 5) is 13.8. The molecule has 3 rings (SSSR count). The zero-order chi connectivity index (χ0) is 14.0. The van der Waals surface area contributed by atoms with E-state index in [1.54, 1.807) is 0 Å². The quantitative estimate of drug-likeness (QED) is 0.895. The largest absolute Gasteiger partial charge is 0.366 e. The summed E-state index contributed by atoms with van der Waals surface area (Å²) in [5, 5.41) is 0. The molecule has 20 heavy (non-hydrogen) atoms. The van der Waals surface area contributed by atoms with Gasteiger partial charge in [0.15, 0.2) is 0 Å². The number of rotatable bonds is 5. The van der Waals surface area contributed by atoms with E-state index in [0.29, 0.717) is 11.0 Å². The first kappa shape index (κ1) is 13.6. The lowest BCUT2D eigenvalue weighted by Gasteiger charge is -2.43. The molecule has 0 aromatic heterocycles. The van der Waals surface area contributed by atoms with Crippen molar-refractivity contribution in [1.82, 2.24) is 4.90 Å². The van der Waals surface area contributed by atoms with Gasteiger partial charge in [-0.1, -0.05) is 18.6 Å². The number of hydrogen-bond donors (Lipinski definition) is 1. The molecule has 1 saturated heterocycles. The standard InChI is InChI=1S/C17H24N2O/c18-16(20)14-4-6-15(7-5-14)17(8-3-9-17)10-13-19-11-1-2-12-19/h4-7H,1-3,8-13H2,(H2,18,20). The summed E-state index contributed by atoms with van der Waals surface area (Å²) in [6.45, 7) is 3.77. The van der Waals surface area contributed by atoms with Crippen molar-refractivity contribution in [2.24, 2.45) is 5.73 Å². The van der Waals surface area contributed by atoms with E-state index in [1.165, 1.54) is 63.7 Å². The fourth-order valence-corrected chi connectivity index (χ4v) is 3.65. The molecule has 2 aliphatic rings. The summed E-state index contributed by atoms with van der Waals surface area (Å²) in [5.41, 5.74) is 7.68. The molecule has 2 N–H and O–H groups in total. The van der Waals surface area contributed by atoms with Crippen LogP contribution in [0.15, 0.2) is 24.3 Å². The average Bonchev–Trinajstić information content (AvgIpc) is 2.91. The maximum absolute atomic E-state index is 11.2. The number of carbonyl (C=O) groups is 1. The summed E-state index contributed by atoms with van der Waals surface area (Å²) in [6, 6.07) is 7.99. The predicted octanol–water partition coefficient (Wildman–Crippen LogP) is 2.69. The average molecular weight is 272 g/mol. The van der Waals surface area contributed by atoms with Crippen LogP contribution < -0.4 is 5.73 Å². The summed E-state index contributed by atoms with van der Waals surface area (Å²) in [7, 11) is 0. The molecule has 1 aromatic rings. The van der Waals surface area contributed by atoms with Gasteiger partial charge in [0.1, 0.15) is 0 Å². The molecule has 0 atom stereocenters. The van der Waals surface area contributed by atoms with Crippen LogP contribution in [0.25, 0.3) is 0 Å². The number of nitrogens with two attached hydrogens (primary N) is 1. The molecule has 0 bridgehead atoms. The molecule has 1 aliphatic carbocycles. The second-order valence-electron chi connectivity index (χ2n) is 6.37. The summed E-state index contributed by atoms with van der Waals surface area (Å²) in [6.07, 6.45) is 7.88. The molecule has 1 aliphatic heterocycles. The minimum Gasteiger partial charge on any atom is -0.366 e. The Morgan fingerprint density at radius 2 is 1.75 bits per heavy atom. The fourth-order valence-electron chi connectivity index (χ4n) is 3.65. The molecule has 2 fully saturated rings. The highest BCUT2D eigenvalue weighted by Crippen LogP contribution is 2.46. The molecule has 0 spiro atoms. The molecule has 1 aromatic carbocycles. The van der Waals surface area contributed by atoms with Crippen molar-refractivity contribution in [2.75, 3.05) is 19.6 Å². The number of amides is 1. The van der Waals surface area contributed by atoms with Crippen molar-refractivity contribution in [2.45, 2.75) is 43.9 Å². The Kier molecular flexibility index (Phi) is 3.79. The van der Waals surface area contributed by atoms with Crippen LogP contribution in [-0.2, 0) is 5.41 Å². The number of carbonyl (C=O) groups excluding carboxylic acids is 1. The molecular weight excluding hydrogens is 248 g/mol. The topological polar surface area (TPSA) is 46.3 Å². The van der Waals surface area contributed by atoms with E-state index >= 15 is 0 Å². The normalized spacial score (nSPS) is 21.6. The Bertz CT molecular complexity index is 470. The molecule has 1 amide bonds. The third-order valence-electron chi connectivity index (χ3n) is 5.20. The molecule has 1 heterocycles. The van der Waals surface area contributed by atoms with Crippen LogP contribution in [0.2, 0.25) is 0 Å². The molecule has 1 saturated carbocycles. The maximum atomic E-state index is 11.2. The van der Waals surface area contributed by atoms with Gasteiger partial charge >= 0.3 is 0 Å². The van der Waals surface area contributed by atoms with Crippen LogP contribution in [0.4, 0.5) is 0 Å². The van der Waals surface area contributed by atoms with Crippen molar-refractivity contribution in [3.8, 4) is 0 Å². The first-order chi connectivity index (χ1) is 9.70. The zero-order valence-electron chi connectivity index (χ0n) is 12.1. The van der Waals surface area contributed by atoms with E-state index in [9.17, 15) is 4.79 Å². The lowest BCUT2D eigenvalue weighted by atomic mass is 9.62. The SMILES string of the molecule is NC(=O)c1ccc(C2(CCN3CCCC3)CCC2)cc1. The third kappa shape index (κ3) is 2.59. The predicted molar refractivity (Wildman–Crippen MR) is 80.8 cm³/mol. The Balaban J connectivity index is 1.69. The second-order valence-corrected chi connectivity index (χ2v) is 6.37. The van der Waals surface area contributed by atoms with E-state index in [-0.39, 0.29) is 5.91 Å². The highest BCUT2D eigenvalue weighted by atomic mass is 16.1. The first-order valence-electron chi connectivity index (χ1n) is 7.82. The number of nitrogens with zero attached hydrogens (tertiary/aromatic N) is 1. The van der Waals surface area contributed by atoms with Crippen molar-refractivity contribution >= 4 is 5.91 Å². The Hall–Kier alpha value is -1.35. The summed E-state index contributed by atoms with van der Waals surface area (Å²) >= 11 is 0. The monoisotopic (exact) mass is 272 g/mol. The van der Waals surface area contributed by atoms with Gasteiger partial charge in [0.05, 0.1) is 0 Å². The van der Waals surface area contributed by atoms with E-state index in [0.717, 1.165) is 0 Å². The van der Waals surface area contributed by atoms with Gasteiger partial charge in [-0.3, -0.25) is 4.79 Å². The van der Waals surface area contributed by atoms with Crippen LogP contribution >= 0.6 is 0 Å². The zero-order valence-corrected chi connectivity index (χ0v) is 12.1. The van der Waals surface area contributed by atoms with Crippen LogP contribution in [0.3, 0.4) is 0 Å². The van der Waals surface area contributed by atoms with Crippen LogP contribution in [-0.4, -0.2) is 30.4 Å². The molecule has 108 valence electrons. The molecular formula is C17H24N2O. The highest BCUT2D eigenvalue weighted by Gasteiger charge is 2.38. The molecule has 3 heteroatoms. The smallest absolute Gasteiger partial charge is 0.248 e. The first-order valence-corrected chi connectivity index (χ1v) is 7.82. The third-order valence-corrected chi connectivity index (χ3v) is 5.20. The van der Waals surface area contributed by atoms with Gasteiger partial charge in [-0.25, -0.2) is 0 Å². The maximum Gasteiger partial charge on any atom is 0.248 e. The Morgan fingerprint density at radius 3 is 2.25 bits per heavy atom. The van der Waals surface area contributed by atoms with E-state index < -0.39 is 0 Å². The van der Waals surface area contributed by atoms with E-state index in [1.807, 2.05) is 12.1 Å². The summed E-state index contributed by atoms with van der Waals surface area (Å²) in [5.74, 6) is -0.337. The van der Waals surface area contributed by atoms with Crippen LogP contribution in [0.1, 0.15) is 54.4 Å². The second kappa shape index (κ2) is 5.57. The van der Waals surface area contributed by atoms with E-state index in [4.69, 9.17) is 5.73 Å². The van der Waals surface area contributed by atoms with E-state index in [2.05, 4.69) is 17.0 Å². The number of primary amides is 1. The van der Waals surface area contributed by atoms with Gasteiger partial charge in [0, 0.05) is 5.56 Å². The lowest BCUT2D eigenvalue weighted by molar-refractivity contribution is 0.1000. The number of hydrogen-bond acceptors (Lipinski definition) is 2. The van der Waals surface area contributed by atoms with Crippen LogP contribution in [0.5, 0.6) is 0 Å². The van der Waals surface area contributed by atoms with Crippen LogP contribution in [0, 0.1) is 0 Å². The molecule has 3 nitrogen and oxygen atoms in total. The van der Waals surface area contributed by atoms with Crippen molar-refractivity contribution < 1.29 is 4.79 Å². The van der Waals surface area contributed by atoms with Crippen molar-refractivity contribution in [1.29, 1.82) is 0 Å². The Morgan fingerprint density at radius 1 is 1.10 bits per heavy atom. The van der Waals surface area contributed by atoms with Gasteiger partial charge in [0.25, 0.3) is 0 Å². The van der Waals surface area contributed by atoms with Gasteiger partial charge in [-0.15, -0.1) is 0 Å². The van der Waals surface area contributed by atoms with Crippen molar-refractivity contribution in [3.05, 3.63) is 35.4 Å². The highest BCUT2D eigenvalue weighted by molar-refractivity contribution is 5.92. The van der Waals surface area contributed by atoms with Gasteiger partial charge in [-0.05, 0) is 74.8 Å². The van der Waals surface area contributed by atoms with Crippen molar-refractivity contribution in [3.63, 3.8) is 0 Å². The minimum absolute atomic E-state index is 0.337. The minimum atomic E-state index is -0.337. The lowest BCUT2D eigenvalue weighted by Crippen LogP contribution is -2.38. The molecule has 0 unspecified atom stereocenters. The Labute approximate surface area is 121 Å². The van der Waals surface area contributed by atoms with Gasteiger partial charge < -0.3 is 10.6 Å².